The number of anilines is 1. The van der Waals surface area contributed by atoms with Gasteiger partial charge in [0, 0.05) is 16.8 Å². The van der Waals surface area contributed by atoms with Crippen molar-refractivity contribution in [3.8, 4) is 5.75 Å². The van der Waals surface area contributed by atoms with Crippen LogP contribution in [0.1, 0.15) is 5.56 Å². The molecule has 0 unspecified atom stereocenters. The van der Waals surface area contributed by atoms with E-state index in [2.05, 4.69) is 0 Å². The van der Waals surface area contributed by atoms with Crippen molar-refractivity contribution in [2.24, 2.45) is 0 Å². The third kappa shape index (κ3) is 3.36. The molecule has 0 bridgehead atoms. The molecule has 88 valence electrons. The molecule has 0 spiro atoms. The van der Waals surface area contributed by atoms with Crippen LogP contribution in [0.4, 0.5) is 10.1 Å². The van der Waals surface area contributed by atoms with E-state index in [1.807, 2.05) is 0 Å². The van der Waals surface area contributed by atoms with Crippen molar-refractivity contribution in [3.05, 3.63) is 58.9 Å². The van der Waals surface area contributed by atoms with Crippen LogP contribution < -0.4 is 10.5 Å². The van der Waals surface area contributed by atoms with E-state index in [-0.39, 0.29) is 12.4 Å². The molecule has 2 aromatic rings. The molecule has 0 aliphatic heterocycles. The Balaban J connectivity index is 2.07. The van der Waals surface area contributed by atoms with Crippen LogP contribution in [0, 0.1) is 5.82 Å². The average Bonchev–Trinajstić information content (AvgIpc) is 2.25. The van der Waals surface area contributed by atoms with Gasteiger partial charge in [-0.3, -0.25) is 0 Å². The first-order valence-corrected chi connectivity index (χ1v) is 5.44. The van der Waals surface area contributed by atoms with E-state index in [0.29, 0.717) is 16.5 Å². The Morgan fingerprint density at radius 3 is 2.71 bits per heavy atom. The molecule has 0 amide bonds. The van der Waals surface area contributed by atoms with Gasteiger partial charge in [-0.25, -0.2) is 4.39 Å². The highest BCUT2D eigenvalue weighted by atomic mass is 35.5. The van der Waals surface area contributed by atoms with E-state index in [9.17, 15) is 4.39 Å². The molecule has 0 saturated heterocycles. The minimum Gasteiger partial charge on any atom is -0.489 e. The predicted molar refractivity (Wildman–Crippen MR) is 66.6 cm³/mol. The Kier molecular flexibility index (Phi) is 3.49. The number of halogens is 2. The molecular formula is C13H11ClFNO. The van der Waals surface area contributed by atoms with Crippen LogP contribution in [0.3, 0.4) is 0 Å². The summed E-state index contributed by atoms with van der Waals surface area (Å²) in [6, 6.07) is 11.2. The molecule has 0 heterocycles. The van der Waals surface area contributed by atoms with Crippen molar-refractivity contribution >= 4 is 17.3 Å². The minimum atomic E-state index is -0.281. The van der Waals surface area contributed by atoms with E-state index < -0.39 is 0 Å². The SMILES string of the molecule is Nc1cc(Cl)cc(OCc2cccc(F)c2)c1. The van der Waals surface area contributed by atoms with E-state index in [1.54, 1.807) is 30.3 Å². The first kappa shape index (κ1) is 11.7. The molecule has 2 nitrogen and oxygen atoms in total. The smallest absolute Gasteiger partial charge is 0.123 e. The molecular weight excluding hydrogens is 241 g/mol. The number of hydrogen-bond donors (Lipinski definition) is 1. The highest BCUT2D eigenvalue weighted by molar-refractivity contribution is 6.31. The minimum absolute atomic E-state index is 0.275. The topological polar surface area (TPSA) is 35.2 Å². The molecule has 0 fully saturated rings. The molecule has 17 heavy (non-hydrogen) atoms. The molecule has 2 N–H and O–H groups in total. The Hall–Kier alpha value is -1.74. The number of hydrogen-bond acceptors (Lipinski definition) is 2. The quantitative estimate of drug-likeness (QED) is 0.846. The third-order valence-corrected chi connectivity index (χ3v) is 2.41. The molecule has 0 saturated carbocycles. The van der Waals surface area contributed by atoms with Crippen molar-refractivity contribution < 1.29 is 9.13 Å². The Morgan fingerprint density at radius 2 is 2.00 bits per heavy atom. The first-order chi connectivity index (χ1) is 8.13. The van der Waals surface area contributed by atoms with Gasteiger partial charge in [-0.15, -0.1) is 0 Å². The monoisotopic (exact) mass is 251 g/mol. The van der Waals surface area contributed by atoms with Gasteiger partial charge in [0.05, 0.1) is 0 Å². The maximum absolute atomic E-state index is 12.9. The summed E-state index contributed by atoms with van der Waals surface area (Å²) in [5, 5.41) is 0.513. The zero-order valence-corrected chi connectivity index (χ0v) is 9.75. The fourth-order valence-electron chi connectivity index (χ4n) is 1.46. The van der Waals surface area contributed by atoms with Gasteiger partial charge < -0.3 is 10.5 Å². The fourth-order valence-corrected chi connectivity index (χ4v) is 1.69. The van der Waals surface area contributed by atoms with E-state index in [0.717, 1.165) is 5.56 Å². The third-order valence-electron chi connectivity index (χ3n) is 2.19. The highest BCUT2D eigenvalue weighted by Crippen LogP contribution is 2.23. The highest BCUT2D eigenvalue weighted by Gasteiger charge is 2.00. The van der Waals surface area contributed by atoms with Crippen LogP contribution in [0.2, 0.25) is 5.02 Å². The summed E-state index contributed by atoms with van der Waals surface area (Å²) >= 11 is 5.84. The molecule has 0 aromatic heterocycles. The lowest BCUT2D eigenvalue weighted by Crippen LogP contribution is -1.96. The van der Waals surface area contributed by atoms with Crippen LogP contribution in [0.15, 0.2) is 42.5 Å². The van der Waals surface area contributed by atoms with Gasteiger partial charge in [-0.2, -0.15) is 0 Å². The molecule has 0 aliphatic rings. The molecule has 2 aromatic carbocycles. The molecule has 4 heteroatoms. The summed E-state index contributed by atoms with van der Waals surface area (Å²) in [6.07, 6.45) is 0. The normalized spacial score (nSPS) is 10.2. The second-order valence-corrected chi connectivity index (χ2v) is 4.08. The van der Waals surface area contributed by atoms with Gasteiger partial charge in [-0.05, 0) is 29.8 Å². The first-order valence-electron chi connectivity index (χ1n) is 5.07. The number of rotatable bonds is 3. The largest absolute Gasteiger partial charge is 0.489 e. The van der Waals surface area contributed by atoms with Gasteiger partial charge in [0.1, 0.15) is 18.2 Å². The van der Waals surface area contributed by atoms with Crippen molar-refractivity contribution in [2.45, 2.75) is 6.61 Å². The zero-order chi connectivity index (χ0) is 12.3. The standard InChI is InChI=1S/C13H11ClFNO/c14-10-5-12(16)7-13(6-10)17-8-9-2-1-3-11(15)4-9/h1-7H,8,16H2. The van der Waals surface area contributed by atoms with E-state index >= 15 is 0 Å². The molecule has 0 atom stereocenters. The predicted octanol–water partition coefficient (Wildman–Crippen LogP) is 3.64. The summed E-state index contributed by atoms with van der Waals surface area (Å²) in [7, 11) is 0. The number of nitrogen functional groups attached to an aromatic ring is 1. The fraction of sp³-hybridized carbons (Fsp3) is 0.0769. The zero-order valence-electron chi connectivity index (χ0n) is 8.99. The van der Waals surface area contributed by atoms with Crippen molar-refractivity contribution in [1.29, 1.82) is 0 Å². The summed E-state index contributed by atoms with van der Waals surface area (Å²) < 4.78 is 18.4. The van der Waals surface area contributed by atoms with Crippen LogP contribution >= 0.6 is 11.6 Å². The second kappa shape index (κ2) is 5.06. The average molecular weight is 252 g/mol. The Labute approximate surface area is 104 Å². The maximum Gasteiger partial charge on any atom is 0.123 e. The summed E-state index contributed by atoms with van der Waals surface area (Å²) in [6.45, 7) is 0.275. The summed E-state index contributed by atoms with van der Waals surface area (Å²) in [5.74, 6) is 0.288. The van der Waals surface area contributed by atoms with Gasteiger partial charge in [0.15, 0.2) is 0 Å². The number of nitrogens with two attached hydrogens (primary N) is 1. The lowest BCUT2D eigenvalue weighted by atomic mass is 10.2. The number of benzene rings is 2. The van der Waals surface area contributed by atoms with Crippen LogP contribution in [-0.2, 0) is 6.61 Å². The Bertz CT molecular complexity index is 510. The van der Waals surface area contributed by atoms with Crippen molar-refractivity contribution in [1.82, 2.24) is 0 Å². The molecule has 0 radical (unpaired) electrons. The molecule has 0 aliphatic carbocycles. The van der Waals surface area contributed by atoms with Crippen LogP contribution in [-0.4, -0.2) is 0 Å². The summed E-state index contributed by atoms with van der Waals surface area (Å²) in [4.78, 5) is 0. The van der Waals surface area contributed by atoms with E-state index in [1.165, 1.54) is 12.1 Å². The van der Waals surface area contributed by atoms with Crippen molar-refractivity contribution in [3.63, 3.8) is 0 Å². The molecule has 2 rings (SSSR count). The lowest BCUT2D eigenvalue weighted by molar-refractivity contribution is 0.306. The lowest BCUT2D eigenvalue weighted by Gasteiger charge is -2.07. The Morgan fingerprint density at radius 1 is 1.18 bits per heavy atom. The number of ether oxygens (including phenoxy) is 1. The second-order valence-electron chi connectivity index (χ2n) is 3.64. The van der Waals surface area contributed by atoms with Gasteiger partial charge >= 0.3 is 0 Å². The van der Waals surface area contributed by atoms with Gasteiger partial charge in [-0.1, -0.05) is 23.7 Å². The van der Waals surface area contributed by atoms with Gasteiger partial charge in [0.25, 0.3) is 0 Å². The van der Waals surface area contributed by atoms with Crippen molar-refractivity contribution in [2.75, 3.05) is 5.73 Å². The van der Waals surface area contributed by atoms with Crippen LogP contribution in [0.25, 0.3) is 0 Å². The van der Waals surface area contributed by atoms with E-state index in [4.69, 9.17) is 22.1 Å². The van der Waals surface area contributed by atoms with Crippen LogP contribution in [0.5, 0.6) is 5.75 Å². The van der Waals surface area contributed by atoms with Gasteiger partial charge in [0.2, 0.25) is 0 Å². The maximum atomic E-state index is 12.9. The summed E-state index contributed by atoms with van der Waals surface area (Å²) in [5.41, 5.74) is 6.92.